The van der Waals surface area contributed by atoms with Crippen LogP contribution in [0, 0.1) is 11.3 Å². The monoisotopic (exact) mass is 286 g/mol. The van der Waals surface area contributed by atoms with Gasteiger partial charge in [0.2, 0.25) is 0 Å². The van der Waals surface area contributed by atoms with Crippen LogP contribution >= 0.6 is 0 Å². The van der Waals surface area contributed by atoms with E-state index in [0.717, 1.165) is 18.7 Å². The van der Waals surface area contributed by atoms with Gasteiger partial charge in [0.1, 0.15) is 11.8 Å². The number of nitrogens with zero attached hydrogens (tertiary/aromatic N) is 1. The van der Waals surface area contributed by atoms with Crippen LogP contribution in [0.15, 0.2) is 18.2 Å². The first kappa shape index (κ1) is 14.2. The maximum atomic E-state index is 9.22. The number of rotatable bonds is 4. The van der Waals surface area contributed by atoms with Crippen LogP contribution in [0.4, 0.5) is 5.69 Å². The van der Waals surface area contributed by atoms with E-state index in [1.54, 1.807) is 13.2 Å². The molecular formula is C17H22N2O2. The Morgan fingerprint density at radius 1 is 1.38 bits per heavy atom. The summed E-state index contributed by atoms with van der Waals surface area (Å²) in [5.74, 6) is 0.711. The van der Waals surface area contributed by atoms with Crippen LogP contribution in [0.1, 0.15) is 44.1 Å². The number of anilines is 1. The lowest BCUT2D eigenvalue weighted by Crippen LogP contribution is -2.28. The first-order valence-corrected chi connectivity index (χ1v) is 7.75. The Morgan fingerprint density at radius 3 is 2.90 bits per heavy atom. The zero-order valence-electron chi connectivity index (χ0n) is 12.5. The minimum Gasteiger partial charge on any atom is -0.495 e. The predicted molar refractivity (Wildman–Crippen MR) is 81.5 cm³/mol. The number of methoxy groups -OCH3 is 1. The van der Waals surface area contributed by atoms with Crippen molar-refractivity contribution in [2.75, 3.05) is 19.0 Å². The quantitative estimate of drug-likeness (QED) is 0.920. The molecule has 1 aliphatic carbocycles. The fraction of sp³-hybridized carbons (Fsp3) is 0.588. The van der Waals surface area contributed by atoms with Crippen molar-refractivity contribution in [3.05, 3.63) is 23.8 Å². The second-order valence-electron chi connectivity index (χ2n) is 6.04. The zero-order chi connectivity index (χ0) is 14.7. The van der Waals surface area contributed by atoms with E-state index in [4.69, 9.17) is 9.47 Å². The molecule has 0 bridgehead atoms. The number of nitriles is 1. The van der Waals surface area contributed by atoms with E-state index in [1.807, 2.05) is 12.1 Å². The molecule has 1 aromatic rings. The van der Waals surface area contributed by atoms with Gasteiger partial charge in [0, 0.05) is 6.54 Å². The van der Waals surface area contributed by atoms with Crippen molar-refractivity contribution in [3.63, 3.8) is 0 Å². The van der Waals surface area contributed by atoms with Crippen LogP contribution in [0.5, 0.6) is 5.75 Å². The minimum absolute atomic E-state index is 0.158. The summed E-state index contributed by atoms with van der Waals surface area (Å²) in [5, 5.41) is 12.6. The third kappa shape index (κ3) is 2.84. The van der Waals surface area contributed by atoms with E-state index >= 15 is 0 Å². The average Bonchev–Trinajstić information content (AvgIpc) is 3.15. The number of hydrogen-bond donors (Lipinski definition) is 1. The molecule has 1 saturated heterocycles. The first-order chi connectivity index (χ1) is 10.3. The van der Waals surface area contributed by atoms with E-state index in [2.05, 4.69) is 11.4 Å². The third-order valence-corrected chi connectivity index (χ3v) is 4.73. The minimum atomic E-state index is 0.158. The van der Waals surface area contributed by atoms with E-state index in [-0.39, 0.29) is 11.7 Å². The van der Waals surface area contributed by atoms with Crippen molar-refractivity contribution in [1.29, 1.82) is 5.26 Å². The summed E-state index contributed by atoms with van der Waals surface area (Å²) in [4.78, 5) is 0. The molecule has 0 radical (unpaired) electrons. The van der Waals surface area contributed by atoms with Gasteiger partial charge in [-0.25, -0.2) is 0 Å². The van der Waals surface area contributed by atoms with Crippen molar-refractivity contribution in [1.82, 2.24) is 0 Å². The topological polar surface area (TPSA) is 54.3 Å². The van der Waals surface area contributed by atoms with Crippen molar-refractivity contribution in [2.45, 2.75) is 50.2 Å². The molecule has 21 heavy (non-hydrogen) atoms. The van der Waals surface area contributed by atoms with Crippen LogP contribution in [-0.4, -0.2) is 25.4 Å². The van der Waals surface area contributed by atoms with E-state index in [9.17, 15) is 5.26 Å². The van der Waals surface area contributed by atoms with Crippen molar-refractivity contribution in [2.24, 2.45) is 0 Å². The van der Waals surface area contributed by atoms with E-state index < -0.39 is 0 Å². The molecule has 1 spiro atoms. The lowest BCUT2D eigenvalue weighted by atomic mass is 9.98. The Bertz CT molecular complexity index is 544. The largest absolute Gasteiger partial charge is 0.495 e. The molecule has 1 unspecified atom stereocenters. The van der Waals surface area contributed by atoms with Gasteiger partial charge in [-0.3, -0.25) is 0 Å². The molecule has 4 nitrogen and oxygen atoms in total. The second kappa shape index (κ2) is 5.95. The summed E-state index contributed by atoms with van der Waals surface area (Å²) >= 11 is 0. The highest BCUT2D eigenvalue weighted by molar-refractivity contribution is 5.66. The lowest BCUT2D eigenvalue weighted by Gasteiger charge is -2.24. The normalized spacial score (nSPS) is 23.1. The van der Waals surface area contributed by atoms with Crippen LogP contribution in [0.3, 0.4) is 0 Å². The molecule has 0 amide bonds. The molecule has 1 atom stereocenters. The Hall–Kier alpha value is -1.73. The summed E-state index contributed by atoms with van der Waals surface area (Å²) in [7, 11) is 1.63. The highest BCUT2D eigenvalue weighted by Crippen LogP contribution is 2.43. The maximum Gasteiger partial charge on any atom is 0.143 e. The van der Waals surface area contributed by atoms with Crippen LogP contribution in [-0.2, 0) is 4.74 Å². The number of para-hydroxylation sites is 1. The number of hydrogen-bond acceptors (Lipinski definition) is 4. The molecule has 1 N–H and O–H groups in total. The van der Waals surface area contributed by atoms with Crippen molar-refractivity contribution in [3.8, 4) is 11.8 Å². The van der Waals surface area contributed by atoms with Crippen molar-refractivity contribution < 1.29 is 9.47 Å². The van der Waals surface area contributed by atoms with Gasteiger partial charge in [0.25, 0.3) is 0 Å². The fourth-order valence-corrected chi connectivity index (χ4v) is 3.62. The molecule has 4 heteroatoms. The van der Waals surface area contributed by atoms with Crippen molar-refractivity contribution >= 4 is 5.69 Å². The highest BCUT2D eigenvalue weighted by atomic mass is 16.5. The zero-order valence-corrected chi connectivity index (χ0v) is 12.5. The van der Waals surface area contributed by atoms with Crippen LogP contribution in [0.2, 0.25) is 0 Å². The Labute approximate surface area is 126 Å². The number of ether oxygens (including phenoxy) is 2. The van der Waals surface area contributed by atoms with E-state index in [1.165, 1.54) is 32.1 Å². The van der Waals surface area contributed by atoms with Crippen LogP contribution in [0.25, 0.3) is 0 Å². The number of nitrogens with one attached hydrogen (secondary N) is 1. The molecule has 1 heterocycles. The molecule has 3 rings (SSSR count). The predicted octanol–water partition coefficient (Wildman–Crippen LogP) is 3.47. The average molecular weight is 286 g/mol. The first-order valence-electron chi connectivity index (χ1n) is 7.75. The Morgan fingerprint density at radius 2 is 2.19 bits per heavy atom. The molecule has 112 valence electrons. The standard InChI is InChI=1S/C17H22N2O2/c1-20-15-6-4-5-13(11-18)16(15)19-12-14-7-10-17(21-14)8-2-3-9-17/h4-6,14,19H,2-3,7-10,12H2,1H3. The van der Waals surface area contributed by atoms with Crippen LogP contribution < -0.4 is 10.1 Å². The molecule has 1 saturated carbocycles. The Kier molecular flexibility index (Phi) is 4.03. The third-order valence-electron chi connectivity index (χ3n) is 4.73. The van der Waals surface area contributed by atoms with Gasteiger partial charge in [-0.1, -0.05) is 18.9 Å². The van der Waals surface area contributed by atoms with Gasteiger partial charge in [0.05, 0.1) is 30.1 Å². The fourth-order valence-electron chi connectivity index (χ4n) is 3.62. The van der Waals surface area contributed by atoms with Gasteiger partial charge >= 0.3 is 0 Å². The maximum absolute atomic E-state index is 9.22. The number of benzene rings is 1. The molecular weight excluding hydrogens is 264 g/mol. The Balaban J connectivity index is 1.65. The molecule has 0 aromatic heterocycles. The van der Waals surface area contributed by atoms with Gasteiger partial charge in [-0.05, 0) is 37.8 Å². The summed E-state index contributed by atoms with van der Waals surface area (Å²) in [5.41, 5.74) is 1.55. The molecule has 1 aromatic carbocycles. The summed E-state index contributed by atoms with van der Waals surface area (Å²) in [6.45, 7) is 0.733. The highest BCUT2D eigenvalue weighted by Gasteiger charge is 2.41. The lowest BCUT2D eigenvalue weighted by molar-refractivity contribution is -0.0307. The SMILES string of the molecule is COc1cccc(C#N)c1NCC1CCC2(CCCC2)O1. The summed E-state index contributed by atoms with van der Waals surface area (Å²) < 4.78 is 11.6. The molecule has 2 fully saturated rings. The van der Waals surface area contributed by atoms with E-state index in [0.29, 0.717) is 11.3 Å². The van der Waals surface area contributed by atoms with Gasteiger partial charge in [-0.15, -0.1) is 0 Å². The second-order valence-corrected chi connectivity index (χ2v) is 6.04. The molecule has 2 aliphatic rings. The molecule has 1 aliphatic heterocycles. The smallest absolute Gasteiger partial charge is 0.143 e. The summed E-state index contributed by atoms with van der Waals surface area (Å²) in [6, 6.07) is 7.72. The summed E-state index contributed by atoms with van der Waals surface area (Å²) in [6.07, 6.45) is 7.53. The van der Waals surface area contributed by atoms with Gasteiger partial charge in [0.15, 0.2) is 0 Å². The van der Waals surface area contributed by atoms with Gasteiger partial charge < -0.3 is 14.8 Å². The van der Waals surface area contributed by atoms with Gasteiger partial charge in [-0.2, -0.15) is 5.26 Å².